The van der Waals surface area contributed by atoms with Crippen molar-refractivity contribution < 1.29 is 9.53 Å². The Morgan fingerprint density at radius 1 is 1.18 bits per heavy atom. The van der Waals surface area contributed by atoms with Crippen LogP contribution in [0.15, 0.2) is 42.5 Å². The van der Waals surface area contributed by atoms with Crippen LogP contribution in [0, 0.1) is 0 Å². The number of carbonyl (C=O) groups excluding carboxylic acids is 1. The molecule has 34 heavy (non-hydrogen) atoms. The minimum Gasteiger partial charge on any atom is -0.490 e. The molecule has 0 radical (unpaired) electrons. The number of aromatic nitrogens is 1. The van der Waals surface area contributed by atoms with Crippen LogP contribution in [0.1, 0.15) is 47.1 Å². The lowest BCUT2D eigenvalue weighted by Gasteiger charge is -2.31. The molecular formula is C26H27ClN4O2S. The molecule has 1 saturated heterocycles. The van der Waals surface area contributed by atoms with E-state index in [2.05, 4.69) is 45.4 Å². The zero-order chi connectivity index (χ0) is 23.4. The first-order valence-electron chi connectivity index (χ1n) is 11.7. The fourth-order valence-corrected chi connectivity index (χ4v) is 6.33. The fourth-order valence-electron chi connectivity index (χ4n) is 5.18. The third-order valence-electron chi connectivity index (χ3n) is 6.89. The van der Waals surface area contributed by atoms with Gasteiger partial charge in [-0.3, -0.25) is 4.79 Å². The maximum Gasteiger partial charge on any atom is 0.263 e. The topological polar surface area (TPSA) is 57.7 Å². The minimum absolute atomic E-state index is 0.0254. The number of ether oxygens (including phenoxy) is 1. The predicted molar refractivity (Wildman–Crippen MR) is 137 cm³/mol. The summed E-state index contributed by atoms with van der Waals surface area (Å²) in [6, 6.07) is 14.7. The molecule has 1 fully saturated rings. The lowest BCUT2D eigenvalue weighted by molar-refractivity contribution is 0.0901. The summed E-state index contributed by atoms with van der Waals surface area (Å²) >= 11 is 7.55. The molecule has 1 amide bonds. The fraction of sp³-hybridized carbons (Fsp3) is 0.385. The first-order valence-corrected chi connectivity index (χ1v) is 12.9. The van der Waals surface area contributed by atoms with Crippen LogP contribution >= 0.6 is 22.9 Å². The monoisotopic (exact) mass is 494 g/mol. The molecule has 8 heteroatoms. The molecule has 176 valence electrons. The zero-order valence-electron chi connectivity index (χ0n) is 19.3. The van der Waals surface area contributed by atoms with Gasteiger partial charge in [-0.1, -0.05) is 35.1 Å². The van der Waals surface area contributed by atoms with E-state index in [-0.39, 0.29) is 11.4 Å². The number of nitrogens with one attached hydrogen (secondary N) is 1. The second kappa shape index (κ2) is 8.17. The number of amides is 1. The summed E-state index contributed by atoms with van der Waals surface area (Å²) in [5.74, 6) is 1.33. The van der Waals surface area contributed by atoms with Gasteiger partial charge < -0.3 is 19.9 Å². The number of anilines is 3. The van der Waals surface area contributed by atoms with Crippen LogP contribution in [0.4, 0.5) is 16.5 Å². The van der Waals surface area contributed by atoms with Crippen molar-refractivity contribution in [1.29, 1.82) is 0 Å². The van der Waals surface area contributed by atoms with Gasteiger partial charge in [0, 0.05) is 41.7 Å². The van der Waals surface area contributed by atoms with Crippen molar-refractivity contribution in [2.75, 3.05) is 36.0 Å². The SMILES string of the molecule is CC1(C)Cc2nc(N3CCOc4ccc(N5CCC(c6ccc(Cl)cc6)C5)cc43)sc2C(=O)N1. The van der Waals surface area contributed by atoms with E-state index in [0.717, 1.165) is 58.1 Å². The van der Waals surface area contributed by atoms with E-state index in [1.807, 2.05) is 26.0 Å². The lowest BCUT2D eigenvalue weighted by Crippen LogP contribution is -2.48. The first kappa shape index (κ1) is 21.7. The van der Waals surface area contributed by atoms with Gasteiger partial charge in [0.1, 0.15) is 17.2 Å². The van der Waals surface area contributed by atoms with Gasteiger partial charge in [-0.2, -0.15) is 0 Å². The summed E-state index contributed by atoms with van der Waals surface area (Å²) in [6.45, 7) is 7.36. The van der Waals surface area contributed by atoms with E-state index in [0.29, 0.717) is 19.1 Å². The molecule has 1 N–H and O–H groups in total. The Morgan fingerprint density at radius 2 is 2.00 bits per heavy atom. The summed E-state index contributed by atoms with van der Waals surface area (Å²) in [4.78, 5) is 22.9. The van der Waals surface area contributed by atoms with Crippen molar-refractivity contribution in [1.82, 2.24) is 10.3 Å². The van der Waals surface area contributed by atoms with E-state index < -0.39 is 0 Å². The van der Waals surface area contributed by atoms with Crippen molar-refractivity contribution in [3.8, 4) is 5.75 Å². The van der Waals surface area contributed by atoms with Gasteiger partial charge in [0.15, 0.2) is 5.13 Å². The normalized spacial score (nSPS) is 21.0. The van der Waals surface area contributed by atoms with Crippen molar-refractivity contribution >= 4 is 45.4 Å². The number of thiazole rings is 1. The molecule has 1 aromatic heterocycles. The Kier molecular flexibility index (Phi) is 5.22. The van der Waals surface area contributed by atoms with Gasteiger partial charge in [0.05, 0.1) is 17.9 Å². The highest BCUT2D eigenvalue weighted by molar-refractivity contribution is 7.17. The highest BCUT2D eigenvalue weighted by atomic mass is 35.5. The lowest BCUT2D eigenvalue weighted by atomic mass is 9.94. The maximum atomic E-state index is 12.6. The number of hydrogen-bond donors (Lipinski definition) is 1. The number of benzene rings is 2. The van der Waals surface area contributed by atoms with Gasteiger partial charge in [-0.25, -0.2) is 4.98 Å². The van der Waals surface area contributed by atoms with E-state index in [4.69, 9.17) is 21.3 Å². The van der Waals surface area contributed by atoms with E-state index in [9.17, 15) is 4.79 Å². The second-order valence-corrected chi connectivity index (χ2v) is 11.3. The predicted octanol–water partition coefficient (Wildman–Crippen LogP) is 5.39. The molecule has 6 rings (SSSR count). The molecule has 3 aliphatic heterocycles. The number of nitrogens with zero attached hydrogens (tertiary/aromatic N) is 3. The quantitative estimate of drug-likeness (QED) is 0.529. The molecule has 0 saturated carbocycles. The summed E-state index contributed by atoms with van der Waals surface area (Å²) in [7, 11) is 0. The molecule has 3 aliphatic rings. The van der Waals surface area contributed by atoms with Gasteiger partial charge in [-0.15, -0.1) is 0 Å². The molecule has 1 atom stereocenters. The Labute approximate surface area is 208 Å². The number of halogens is 1. The third kappa shape index (κ3) is 3.91. The number of fused-ring (bicyclic) bond motifs is 2. The summed E-state index contributed by atoms with van der Waals surface area (Å²) < 4.78 is 5.98. The van der Waals surface area contributed by atoms with Crippen molar-refractivity contribution in [2.24, 2.45) is 0 Å². The molecular weight excluding hydrogens is 468 g/mol. The number of carbonyl (C=O) groups is 1. The largest absolute Gasteiger partial charge is 0.490 e. The van der Waals surface area contributed by atoms with Crippen LogP contribution in [0.2, 0.25) is 5.02 Å². The molecule has 1 unspecified atom stereocenters. The standard InChI is InChI=1S/C26H27ClN4O2S/c1-26(2)14-20-23(24(32)29-26)34-25(28-20)31-11-12-33-22-8-7-19(13-21(22)31)30-10-9-17(15-30)16-3-5-18(27)6-4-16/h3-8,13,17H,9-12,14-15H2,1-2H3,(H,29,32). The summed E-state index contributed by atoms with van der Waals surface area (Å²) in [6.07, 6.45) is 1.85. The molecule has 0 bridgehead atoms. The highest BCUT2D eigenvalue weighted by Gasteiger charge is 2.35. The van der Waals surface area contributed by atoms with Gasteiger partial charge in [-0.05, 0) is 56.2 Å². The molecule has 2 aromatic carbocycles. The number of rotatable bonds is 3. The van der Waals surface area contributed by atoms with Crippen LogP contribution in [0.25, 0.3) is 0 Å². The van der Waals surface area contributed by atoms with Gasteiger partial charge >= 0.3 is 0 Å². The van der Waals surface area contributed by atoms with Crippen molar-refractivity contribution in [3.05, 3.63) is 63.6 Å². The smallest absolute Gasteiger partial charge is 0.263 e. The van der Waals surface area contributed by atoms with E-state index in [1.54, 1.807) is 0 Å². The Hall–Kier alpha value is -2.77. The Balaban J connectivity index is 1.28. The van der Waals surface area contributed by atoms with Crippen LogP contribution in [0.5, 0.6) is 5.75 Å². The molecule has 3 aromatic rings. The van der Waals surface area contributed by atoms with Crippen LogP contribution in [-0.4, -0.2) is 42.7 Å². The average molecular weight is 495 g/mol. The first-order chi connectivity index (χ1) is 16.4. The highest BCUT2D eigenvalue weighted by Crippen LogP contribution is 2.43. The summed E-state index contributed by atoms with van der Waals surface area (Å²) in [5.41, 5.74) is 4.16. The second-order valence-electron chi connectivity index (χ2n) is 9.92. The van der Waals surface area contributed by atoms with Crippen LogP contribution in [0.3, 0.4) is 0 Å². The van der Waals surface area contributed by atoms with Gasteiger partial charge in [0.25, 0.3) is 5.91 Å². The van der Waals surface area contributed by atoms with Crippen molar-refractivity contribution in [2.45, 2.75) is 38.1 Å². The van der Waals surface area contributed by atoms with Crippen molar-refractivity contribution in [3.63, 3.8) is 0 Å². The van der Waals surface area contributed by atoms with E-state index in [1.165, 1.54) is 22.6 Å². The third-order valence-corrected chi connectivity index (χ3v) is 8.26. The Morgan fingerprint density at radius 3 is 2.82 bits per heavy atom. The van der Waals surface area contributed by atoms with E-state index >= 15 is 0 Å². The molecule has 0 aliphatic carbocycles. The van der Waals surface area contributed by atoms with Crippen LogP contribution < -0.4 is 19.9 Å². The number of hydrogen-bond acceptors (Lipinski definition) is 6. The average Bonchev–Trinajstić information content (AvgIpc) is 3.46. The molecule has 0 spiro atoms. The minimum atomic E-state index is -0.276. The zero-order valence-corrected chi connectivity index (χ0v) is 20.9. The Bertz CT molecular complexity index is 1260. The van der Waals surface area contributed by atoms with Crippen LogP contribution in [-0.2, 0) is 6.42 Å². The van der Waals surface area contributed by atoms with Gasteiger partial charge in [0.2, 0.25) is 0 Å². The molecule has 6 nitrogen and oxygen atoms in total. The maximum absolute atomic E-state index is 12.6. The summed E-state index contributed by atoms with van der Waals surface area (Å²) in [5, 5.41) is 4.73. The molecule has 4 heterocycles.